The van der Waals surface area contributed by atoms with Gasteiger partial charge in [0.15, 0.2) is 0 Å². The molecule has 0 fully saturated rings. The van der Waals surface area contributed by atoms with Crippen molar-refractivity contribution in [2.75, 3.05) is 25.6 Å². The van der Waals surface area contributed by atoms with E-state index in [2.05, 4.69) is 17.2 Å². The molecule has 0 spiro atoms. The van der Waals surface area contributed by atoms with Gasteiger partial charge < -0.3 is 30.1 Å². The molecule has 2 aromatic rings. The van der Waals surface area contributed by atoms with Gasteiger partial charge in [-0.05, 0) is 69.2 Å². The van der Waals surface area contributed by atoms with Gasteiger partial charge in [0.1, 0.15) is 23.4 Å². The van der Waals surface area contributed by atoms with Crippen LogP contribution < -0.4 is 15.4 Å². The number of aliphatic hydroxyl groups is 1. The molecular weight excluding hydrogens is 462 g/mol. The number of anilines is 1. The van der Waals surface area contributed by atoms with Crippen LogP contribution in [0.3, 0.4) is 0 Å². The number of hydrogen-bond donors (Lipinski definition) is 3. The molecule has 0 aliphatic carbocycles. The Balaban J connectivity index is 2.41. The molecule has 0 saturated heterocycles. The van der Waals surface area contributed by atoms with Gasteiger partial charge in [-0.25, -0.2) is 4.79 Å². The van der Waals surface area contributed by atoms with Gasteiger partial charge in [0, 0.05) is 12.2 Å². The molecule has 0 aliphatic heterocycles. The number of carbonyl (C=O) groups is 3. The minimum atomic E-state index is -1.10. The standard InChI is InChI=1S/C27H35N3O6/c1-7-19-9-8-10-20(17-19)23(24(32)29-21-11-13-22(35-6)14-12-21)30(15-16-31)25(33)18(2)28-26(34)36-27(3,4)5/h7-14,17-18,23,31H,1,15-16H2,2-6H3,(H,28,34)(H,29,32). The minimum absolute atomic E-state index is 0.141. The first-order valence-corrected chi connectivity index (χ1v) is 11.6. The summed E-state index contributed by atoms with van der Waals surface area (Å²) in [6.07, 6.45) is 0.868. The second kappa shape index (κ2) is 12.7. The normalized spacial score (nSPS) is 12.6. The second-order valence-corrected chi connectivity index (χ2v) is 9.12. The fourth-order valence-corrected chi connectivity index (χ4v) is 3.48. The fraction of sp³-hybridized carbons (Fsp3) is 0.370. The van der Waals surface area contributed by atoms with Crippen molar-refractivity contribution in [2.24, 2.45) is 0 Å². The van der Waals surface area contributed by atoms with Crippen LogP contribution in [0.2, 0.25) is 0 Å². The maximum Gasteiger partial charge on any atom is 0.408 e. The van der Waals surface area contributed by atoms with Crippen LogP contribution in [0.15, 0.2) is 55.1 Å². The summed E-state index contributed by atoms with van der Waals surface area (Å²) in [4.78, 5) is 40.5. The fourth-order valence-electron chi connectivity index (χ4n) is 3.48. The molecule has 0 bridgehead atoms. The number of carbonyl (C=O) groups excluding carboxylic acids is 3. The van der Waals surface area contributed by atoms with Gasteiger partial charge in [-0.1, -0.05) is 30.9 Å². The van der Waals surface area contributed by atoms with Gasteiger partial charge in [0.2, 0.25) is 5.91 Å². The zero-order valence-corrected chi connectivity index (χ0v) is 21.4. The van der Waals surface area contributed by atoms with Gasteiger partial charge in [0.25, 0.3) is 5.91 Å². The Hall–Kier alpha value is -3.85. The van der Waals surface area contributed by atoms with Crippen molar-refractivity contribution in [3.8, 4) is 5.75 Å². The highest BCUT2D eigenvalue weighted by atomic mass is 16.6. The van der Waals surface area contributed by atoms with E-state index in [1.54, 1.807) is 76.4 Å². The lowest BCUT2D eigenvalue weighted by atomic mass is 10.0. The third-order valence-electron chi connectivity index (χ3n) is 5.11. The minimum Gasteiger partial charge on any atom is -0.497 e. The predicted octanol–water partition coefficient (Wildman–Crippen LogP) is 3.75. The Bertz CT molecular complexity index is 1060. The first-order valence-electron chi connectivity index (χ1n) is 11.6. The van der Waals surface area contributed by atoms with Crippen LogP contribution in [0.5, 0.6) is 5.75 Å². The van der Waals surface area contributed by atoms with Crippen molar-refractivity contribution >= 4 is 29.7 Å². The average molecular weight is 498 g/mol. The maximum atomic E-state index is 13.6. The largest absolute Gasteiger partial charge is 0.497 e. The molecule has 2 unspecified atom stereocenters. The van der Waals surface area contributed by atoms with Crippen LogP contribution in [0, 0.1) is 0 Å². The second-order valence-electron chi connectivity index (χ2n) is 9.12. The highest BCUT2D eigenvalue weighted by molar-refractivity contribution is 5.99. The molecule has 36 heavy (non-hydrogen) atoms. The SMILES string of the molecule is C=Cc1cccc(C(C(=O)Nc2ccc(OC)cc2)N(CCO)C(=O)C(C)NC(=O)OC(C)(C)C)c1. The number of aliphatic hydroxyl groups excluding tert-OH is 1. The molecule has 0 saturated carbocycles. The van der Waals surface area contributed by atoms with Crippen molar-refractivity contribution in [1.29, 1.82) is 0 Å². The van der Waals surface area contributed by atoms with Crippen LogP contribution in [-0.4, -0.2) is 59.8 Å². The summed E-state index contributed by atoms with van der Waals surface area (Å²) in [7, 11) is 1.54. The summed E-state index contributed by atoms with van der Waals surface area (Å²) in [5.74, 6) is -0.427. The van der Waals surface area contributed by atoms with Gasteiger partial charge in [-0.3, -0.25) is 9.59 Å². The Morgan fingerprint density at radius 1 is 1.14 bits per heavy atom. The molecule has 3 N–H and O–H groups in total. The van der Waals surface area contributed by atoms with E-state index in [9.17, 15) is 19.5 Å². The van der Waals surface area contributed by atoms with E-state index in [4.69, 9.17) is 9.47 Å². The van der Waals surface area contributed by atoms with E-state index in [0.717, 1.165) is 5.56 Å². The van der Waals surface area contributed by atoms with E-state index in [0.29, 0.717) is 17.0 Å². The van der Waals surface area contributed by atoms with Gasteiger partial charge in [0.05, 0.1) is 13.7 Å². The van der Waals surface area contributed by atoms with Crippen LogP contribution in [0.25, 0.3) is 6.08 Å². The topological polar surface area (TPSA) is 117 Å². The molecule has 194 valence electrons. The molecule has 9 heteroatoms. The quantitative estimate of drug-likeness (QED) is 0.460. The molecule has 2 rings (SSSR count). The molecule has 0 aromatic heterocycles. The van der Waals surface area contributed by atoms with Crippen LogP contribution >= 0.6 is 0 Å². The van der Waals surface area contributed by atoms with Crippen LogP contribution in [0.4, 0.5) is 10.5 Å². The first-order chi connectivity index (χ1) is 17.0. The van der Waals surface area contributed by atoms with E-state index in [-0.39, 0.29) is 6.54 Å². The third-order valence-corrected chi connectivity index (χ3v) is 5.11. The molecule has 9 nitrogen and oxygen atoms in total. The number of amides is 3. The lowest BCUT2D eigenvalue weighted by Gasteiger charge is -2.33. The van der Waals surface area contributed by atoms with Gasteiger partial charge in [-0.15, -0.1) is 0 Å². The number of nitrogens with zero attached hydrogens (tertiary/aromatic N) is 1. The predicted molar refractivity (Wildman–Crippen MR) is 139 cm³/mol. The van der Waals surface area contributed by atoms with Crippen molar-refractivity contribution in [3.05, 3.63) is 66.2 Å². The molecule has 0 heterocycles. The van der Waals surface area contributed by atoms with Crippen molar-refractivity contribution in [3.63, 3.8) is 0 Å². The number of rotatable bonds is 10. The lowest BCUT2D eigenvalue weighted by molar-refractivity contribution is -0.141. The molecule has 2 aromatic carbocycles. The molecule has 0 radical (unpaired) electrons. The summed E-state index contributed by atoms with van der Waals surface area (Å²) in [6.45, 7) is 9.87. The van der Waals surface area contributed by atoms with Crippen LogP contribution in [-0.2, 0) is 14.3 Å². The number of hydrogen-bond acceptors (Lipinski definition) is 6. The highest BCUT2D eigenvalue weighted by Gasteiger charge is 2.34. The number of alkyl carbamates (subject to hydrolysis) is 1. The first kappa shape index (κ1) is 28.4. The Kier molecular flexibility index (Phi) is 10.0. The van der Waals surface area contributed by atoms with E-state index in [1.165, 1.54) is 11.8 Å². The summed E-state index contributed by atoms with van der Waals surface area (Å²) >= 11 is 0. The van der Waals surface area contributed by atoms with Crippen molar-refractivity contribution in [1.82, 2.24) is 10.2 Å². The van der Waals surface area contributed by atoms with E-state index >= 15 is 0 Å². The van der Waals surface area contributed by atoms with Gasteiger partial charge in [-0.2, -0.15) is 0 Å². The van der Waals surface area contributed by atoms with Gasteiger partial charge >= 0.3 is 6.09 Å². The third kappa shape index (κ3) is 8.13. The van der Waals surface area contributed by atoms with Crippen LogP contribution in [0.1, 0.15) is 44.9 Å². The molecule has 2 atom stereocenters. The number of ether oxygens (including phenoxy) is 2. The van der Waals surface area contributed by atoms with E-state index < -0.39 is 42.2 Å². The average Bonchev–Trinajstić information content (AvgIpc) is 2.82. The molecule has 3 amide bonds. The Morgan fingerprint density at radius 2 is 1.81 bits per heavy atom. The summed E-state index contributed by atoms with van der Waals surface area (Å²) in [6, 6.07) is 11.7. The molecule has 0 aliphatic rings. The Labute approximate surface area is 212 Å². The highest BCUT2D eigenvalue weighted by Crippen LogP contribution is 2.26. The zero-order valence-electron chi connectivity index (χ0n) is 21.4. The monoisotopic (exact) mass is 497 g/mol. The number of nitrogens with one attached hydrogen (secondary N) is 2. The summed E-state index contributed by atoms with van der Waals surface area (Å²) in [5.41, 5.74) is 1.03. The summed E-state index contributed by atoms with van der Waals surface area (Å²) < 4.78 is 10.4. The van der Waals surface area contributed by atoms with E-state index in [1.807, 2.05) is 6.07 Å². The number of methoxy groups -OCH3 is 1. The molecular formula is C27H35N3O6. The Morgan fingerprint density at radius 3 is 2.36 bits per heavy atom. The lowest BCUT2D eigenvalue weighted by Crippen LogP contribution is -2.51. The smallest absolute Gasteiger partial charge is 0.408 e. The maximum absolute atomic E-state index is 13.6. The zero-order chi connectivity index (χ0) is 26.9. The van der Waals surface area contributed by atoms with Crippen molar-refractivity contribution in [2.45, 2.75) is 45.4 Å². The summed E-state index contributed by atoms with van der Waals surface area (Å²) in [5, 5.41) is 15.1. The number of benzene rings is 2. The van der Waals surface area contributed by atoms with Crippen molar-refractivity contribution < 1.29 is 29.0 Å².